The molecule has 3 rings (SSSR count). The summed E-state index contributed by atoms with van der Waals surface area (Å²) < 4.78 is 7.28. The van der Waals surface area contributed by atoms with Crippen molar-refractivity contribution < 1.29 is 9.53 Å². The molecular weight excluding hydrogens is 360 g/mol. The Hall–Kier alpha value is -2.64. The van der Waals surface area contributed by atoms with Crippen LogP contribution in [-0.4, -0.2) is 27.8 Å². The van der Waals surface area contributed by atoms with Crippen LogP contribution in [0, 0.1) is 4.77 Å². The Balaban J connectivity index is 1.80. The van der Waals surface area contributed by atoms with Crippen LogP contribution in [0.4, 0.5) is 0 Å². The van der Waals surface area contributed by atoms with Crippen molar-refractivity contribution in [1.82, 2.24) is 20.1 Å². The van der Waals surface area contributed by atoms with Crippen LogP contribution in [0.3, 0.4) is 0 Å². The molecule has 3 aromatic rings. The van der Waals surface area contributed by atoms with E-state index in [1.54, 1.807) is 48.1 Å². The predicted molar refractivity (Wildman–Crippen MR) is 97.9 cm³/mol. The summed E-state index contributed by atoms with van der Waals surface area (Å²) in [6, 6.07) is 14.2. The number of nitrogens with zero attached hydrogens (tertiary/aromatic N) is 2. The first-order valence-corrected chi connectivity index (χ1v) is 8.21. The highest BCUT2D eigenvalue weighted by Gasteiger charge is 2.12. The second-order valence-corrected chi connectivity index (χ2v) is 6.00. The van der Waals surface area contributed by atoms with Crippen molar-refractivity contribution >= 4 is 29.7 Å². The maximum absolute atomic E-state index is 12.3. The van der Waals surface area contributed by atoms with Crippen LogP contribution in [0.1, 0.15) is 16.2 Å². The molecule has 1 amide bonds. The lowest BCUT2D eigenvalue weighted by Crippen LogP contribution is -2.24. The number of aromatic nitrogens is 3. The van der Waals surface area contributed by atoms with Crippen LogP contribution < -0.4 is 10.1 Å². The summed E-state index contributed by atoms with van der Waals surface area (Å²) in [4.78, 5) is 12.3. The highest BCUT2D eigenvalue weighted by molar-refractivity contribution is 7.71. The van der Waals surface area contributed by atoms with Gasteiger partial charge >= 0.3 is 0 Å². The second kappa shape index (κ2) is 7.50. The topological polar surface area (TPSA) is 71.9 Å². The molecule has 2 aromatic carbocycles. The molecule has 0 aliphatic rings. The summed E-state index contributed by atoms with van der Waals surface area (Å²) in [6.07, 6.45) is 0. The molecule has 0 saturated heterocycles. The number of hydrogen-bond acceptors (Lipinski definition) is 4. The molecule has 2 N–H and O–H groups in total. The average molecular weight is 375 g/mol. The van der Waals surface area contributed by atoms with Gasteiger partial charge in [-0.05, 0) is 48.6 Å². The van der Waals surface area contributed by atoms with E-state index >= 15 is 0 Å². The molecule has 0 fully saturated rings. The molecule has 0 spiro atoms. The number of H-pyrrole nitrogens is 1. The van der Waals surface area contributed by atoms with Crippen molar-refractivity contribution in [2.24, 2.45) is 0 Å². The maximum atomic E-state index is 12.3. The van der Waals surface area contributed by atoms with Crippen molar-refractivity contribution in [2.75, 3.05) is 7.11 Å². The summed E-state index contributed by atoms with van der Waals surface area (Å²) in [5.41, 5.74) is 1.28. The zero-order chi connectivity index (χ0) is 17.8. The van der Waals surface area contributed by atoms with Gasteiger partial charge in [0.05, 0.1) is 19.3 Å². The highest BCUT2D eigenvalue weighted by Crippen LogP contribution is 2.17. The molecule has 0 aliphatic heterocycles. The smallest absolute Gasteiger partial charge is 0.251 e. The minimum atomic E-state index is -0.231. The van der Waals surface area contributed by atoms with Crippen LogP contribution in [-0.2, 0) is 6.54 Å². The molecule has 0 radical (unpaired) electrons. The first kappa shape index (κ1) is 17.2. The molecule has 128 valence electrons. The fourth-order valence-electron chi connectivity index (χ4n) is 2.36. The van der Waals surface area contributed by atoms with Gasteiger partial charge < -0.3 is 10.1 Å². The molecule has 0 saturated carbocycles. The standard InChI is InChI=1S/C17H15ClN4O2S/c1-24-14-7-2-4-11(8-14)16(23)19-10-15-20-21-17(25)22(15)13-6-3-5-12(18)9-13/h2-9H,10H2,1H3,(H,19,23)(H,21,25). The number of nitrogens with one attached hydrogen (secondary N) is 2. The summed E-state index contributed by atoms with van der Waals surface area (Å²) in [5, 5.41) is 10.3. The zero-order valence-electron chi connectivity index (χ0n) is 13.3. The van der Waals surface area contributed by atoms with E-state index in [0.717, 1.165) is 5.69 Å². The van der Waals surface area contributed by atoms with E-state index in [-0.39, 0.29) is 12.5 Å². The van der Waals surface area contributed by atoms with Crippen LogP contribution in [0.15, 0.2) is 48.5 Å². The SMILES string of the molecule is COc1cccc(C(=O)NCc2n[nH]c(=S)n2-c2cccc(Cl)c2)c1. The average Bonchev–Trinajstić information content (AvgIpc) is 3.00. The Labute approximate surface area is 154 Å². The van der Waals surface area contributed by atoms with Gasteiger partial charge in [0.15, 0.2) is 10.6 Å². The van der Waals surface area contributed by atoms with Crippen molar-refractivity contribution in [2.45, 2.75) is 6.54 Å². The van der Waals surface area contributed by atoms with Gasteiger partial charge in [-0.2, -0.15) is 5.10 Å². The molecule has 25 heavy (non-hydrogen) atoms. The molecule has 1 aromatic heterocycles. The number of benzene rings is 2. The van der Waals surface area contributed by atoms with Crippen LogP contribution in [0.25, 0.3) is 5.69 Å². The van der Waals surface area contributed by atoms with Gasteiger partial charge in [0.1, 0.15) is 5.75 Å². The first-order chi connectivity index (χ1) is 12.1. The summed E-state index contributed by atoms with van der Waals surface area (Å²) >= 11 is 11.3. The number of methoxy groups -OCH3 is 1. The highest BCUT2D eigenvalue weighted by atomic mass is 35.5. The molecule has 0 atom stereocenters. The Bertz CT molecular complexity index is 967. The van der Waals surface area contributed by atoms with Crippen molar-refractivity contribution in [3.8, 4) is 11.4 Å². The Morgan fingerprint density at radius 3 is 2.88 bits per heavy atom. The second-order valence-electron chi connectivity index (χ2n) is 5.17. The number of aromatic amines is 1. The van der Waals surface area contributed by atoms with Gasteiger partial charge in [-0.3, -0.25) is 14.5 Å². The number of hydrogen-bond donors (Lipinski definition) is 2. The zero-order valence-corrected chi connectivity index (χ0v) is 14.9. The van der Waals surface area contributed by atoms with Gasteiger partial charge in [0, 0.05) is 10.6 Å². The number of halogens is 1. The number of rotatable bonds is 5. The van der Waals surface area contributed by atoms with Crippen molar-refractivity contribution in [3.05, 3.63) is 69.7 Å². The molecule has 6 nitrogen and oxygen atoms in total. The van der Waals surface area contributed by atoms with Gasteiger partial charge in [0.25, 0.3) is 5.91 Å². The lowest BCUT2D eigenvalue weighted by atomic mass is 10.2. The first-order valence-electron chi connectivity index (χ1n) is 7.43. The molecule has 1 heterocycles. The van der Waals surface area contributed by atoms with E-state index in [0.29, 0.717) is 26.9 Å². The van der Waals surface area contributed by atoms with E-state index in [9.17, 15) is 4.79 Å². The predicted octanol–water partition coefficient (Wildman–Crippen LogP) is 3.52. The quantitative estimate of drug-likeness (QED) is 0.670. The summed E-state index contributed by atoms with van der Waals surface area (Å²) in [6.45, 7) is 0.204. The number of ether oxygens (including phenoxy) is 1. The number of carbonyl (C=O) groups excluding carboxylic acids is 1. The molecule has 0 bridgehead atoms. The van der Waals surface area contributed by atoms with Crippen LogP contribution >= 0.6 is 23.8 Å². The minimum Gasteiger partial charge on any atom is -0.497 e. The minimum absolute atomic E-state index is 0.204. The monoisotopic (exact) mass is 374 g/mol. The van der Waals surface area contributed by atoms with Gasteiger partial charge in [-0.1, -0.05) is 23.7 Å². The molecule has 0 aliphatic carbocycles. The fourth-order valence-corrected chi connectivity index (χ4v) is 2.80. The number of amides is 1. The fraction of sp³-hybridized carbons (Fsp3) is 0.118. The van der Waals surface area contributed by atoms with E-state index in [1.165, 1.54) is 0 Å². The van der Waals surface area contributed by atoms with Gasteiger partial charge in [-0.15, -0.1) is 0 Å². The third-order valence-electron chi connectivity index (χ3n) is 3.55. The van der Waals surface area contributed by atoms with E-state index in [1.807, 2.05) is 12.1 Å². The van der Waals surface area contributed by atoms with Gasteiger partial charge in [-0.25, -0.2) is 0 Å². The largest absolute Gasteiger partial charge is 0.497 e. The van der Waals surface area contributed by atoms with Crippen molar-refractivity contribution in [3.63, 3.8) is 0 Å². The molecular formula is C17H15ClN4O2S. The number of carbonyl (C=O) groups is 1. The molecule has 0 unspecified atom stereocenters. The van der Waals surface area contributed by atoms with E-state index < -0.39 is 0 Å². The molecule has 8 heteroatoms. The maximum Gasteiger partial charge on any atom is 0.251 e. The Morgan fingerprint density at radius 2 is 2.12 bits per heavy atom. The van der Waals surface area contributed by atoms with Crippen LogP contribution in [0.2, 0.25) is 5.02 Å². The third-order valence-corrected chi connectivity index (χ3v) is 4.06. The van der Waals surface area contributed by atoms with Crippen LogP contribution in [0.5, 0.6) is 5.75 Å². The summed E-state index contributed by atoms with van der Waals surface area (Å²) in [5.74, 6) is 0.961. The van der Waals surface area contributed by atoms with Gasteiger partial charge in [0.2, 0.25) is 0 Å². The Morgan fingerprint density at radius 1 is 1.32 bits per heavy atom. The Kier molecular flexibility index (Phi) is 5.16. The van der Waals surface area contributed by atoms with E-state index in [2.05, 4.69) is 15.5 Å². The lowest BCUT2D eigenvalue weighted by Gasteiger charge is -2.09. The third kappa shape index (κ3) is 3.89. The lowest BCUT2D eigenvalue weighted by molar-refractivity contribution is 0.0949. The summed E-state index contributed by atoms with van der Waals surface area (Å²) in [7, 11) is 1.56. The van der Waals surface area contributed by atoms with E-state index in [4.69, 9.17) is 28.6 Å². The normalized spacial score (nSPS) is 10.5. The van der Waals surface area contributed by atoms with Crippen molar-refractivity contribution in [1.29, 1.82) is 0 Å².